The van der Waals surface area contributed by atoms with Crippen LogP contribution in [0.25, 0.3) is 0 Å². The van der Waals surface area contributed by atoms with Crippen LogP contribution in [0, 0.1) is 12.7 Å². The highest BCUT2D eigenvalue weighted by Gasteiger charge is 2.38. The molecular weight excluding hydrogens is 203 g/mol. The van der Waals surface area contributed by atoms with Crippen molar-refractivity contribution in [3.63, 3.8) is 0 Å². The van der Waals surface area contributed by atoms with E-state index in [-0.39, 0.29) is 5.82 Å². The highest BCUT2D eigenvalue weighted by atomic mass is 35.5. The molecule has 1 fully saturated rings. The van der Waals surface area contributed by atoms with Crippen molar-refractivity contribution in [1.82, 2.24) is 0 Å². The van der Waals surface area contributed by atoms with Crippen LogP contribution in [0.15, 0.2) is 12.1 Å². The smallest absolute Gasteiger partial charge is 0.132 e. The molecule has 1 saturated carbocycles. The summed E-state index contributed by atoms with van der Waals surface area (Å²) in [4.78, 5) is 0. The first-order chi connectivity index (χ1) is 6.53. The van der Waals surface area contributed by atoms with Gasteiger partial charge < -0.3 is 5.11 Å². The van der Waals surface area contributed by atoms with E-state index in [1.807, 2.05) is 0 Å². The molecule has 0 unspecified atom stereocenters. The van der Waals surface area contributed by atoms with Gasteiger partial charge in [0.1, 0.15) is 5.82 Å². The van der Waals surface area contributed by atoms with E-state index in [9.17, 15) is 9.50 Å². The van der Waals surface area contributed by atoms with E-state index in [4.69, 9.17) is 11.6 Å². The number of hydrogen-bond donors (Lipinski definition) is 1. The standard InChI is InChI=1S/C11H12ClFO/c1-7-5-8(12)6-9(10(7)13)11(14)3-2-4-11/h5-6,14H,2-4H2,1H3. The second-order valence-electron chi connectivity index (χ2n) is 3.97. The molecule has 0 spiro atoms. The zero-order valence-corrected chi connectivity index (χ0v) is 8.74. The first-order valence-corrected chi connectivity index (χ1v) is 5.09. The second kappa shape index (κ2) is 3.21. The Labute approximate surface area is 87.5 Å². The van der Waals surface area contributed by atoms with Crippen molar-refractivity contribution in [1.29, 1.82) is 0 Å². The largest absolute Gasteiger partial charge is 0.385 e. The Hall–Kier alpha value is -0.600. The number of aryl methyl sites for hydroxylation is 1. The van der Waals surface area contributed by atoms with Gasteiger partial charge in [-0.15, -0.1) is 0 Å². The Balaban J connectivity index is 2.51. The highest BCUT2D eigenvalue weighted by Crippen LogP contribution is 2.43. The normalized spacial score (nSPS) is 19.1. The molecule has 1 nitrogen and oxygen atoms in total. The van der Waals surface area contributed by atoms with E-state index in [1.54, 1.807) is 13.0 Å². The van der Waals surface area contributed by atoms with E-state index in [1.165, 1.54) is 6.07 Å². The number of halogens is 2. The molecular formula is C11H12ClFO. The minimum Gasteiger partial charge on any atom is -0.385 e. The lowest BCUT2D eigenvalue weighted by atomic mass is 9.74. The highest BCUT2D eigenvalue weighted by molar-refractivity contribution is 6.30. The summed E-state index contributed by atoms with van der Waals surface area (Å²) >= 11 is 5.83. The van der Waals surface area contributed by atoms with Crippen molar-refractivity contribution in [2.75, 3.05) is 0 Å². The molecule has 1 N–H and O–H groups in total. The topological polar surface area (TPSA) is 20.2 Å². The molecule has 0 saturated heterocycles. The maximum atomic E-state index is 13.7. The Morgan fingerprint density at radius 2 is 2.07 bits per heavy atom. The maximum Gasteiger partial charge on any atom is 0.132 e. The zero-order valence-electron chi connectivity index (χ0n) is 7.98. The average molecular weight is 215 g/mol. The minimum atomic E-state index is -0.972. The Kier molecular flexibility index (Phi) is 2.28. The molecule has 1 aliphatic rings. The average Bonchev–Trinajstić information content (AvgIpc) is 2.07. The van der Waals surface area contributed by atoms with Crippen LogP contribution in [0.4, 0.5) is 4.39 Å². The van der Waals surface area contributed by atoms with Crippen molar-refractivity contribution in [3.8, 4) is 0 Å². The molecule has 0 atom stereocenters. The van der Waals surface area contributed by atoms with E-state index in [2.05, 4.69) is 0 Å². The Bertz CT molecular complexity index is 372. The third kappa shape index (κ3) is 1.43. The predicted octanol–water partition coefficient (Wildman–Crippen LogP) is 3.16. The van der Waals surface area contributed by atoms with Crippen LogP contribution in [0.1, 0.15) is 30.4 Å². The number of benzene rings is 1. The van der Waals surface area contributed by atoms with Crippen LogP contribution in [0.5, 0.6) is 0 Å². The maximum absolute atomic E-state index is 13.7. The lowest BCUT2D eigenvalue weighted by Gasteiger charge is -2.37. The fourth-order valence-electron chi connectivity index (χ4n) is 1.85. The number of rotatable bonds is 1. The van der Waals surface area contributed by atoms with Crippen LogP contribution in [0.3, 0.4) is 0 Å². The van der Waals surface area contributed by atoms with E-state index in [0.29, 0.717) is 29.0 Å². The van der Waals surface area contributed by atoms with Crippen molar-refractivity contribution >= 4 is 11.6 Å². The molecule has 1 aliphatic carbocycles. The van der Waals surface area contributed by atoms with Gasteiger partial charge in [0, 0.05) is 10.6 Å². The second-order valence-corrected chi connectivity index (χ2v) is 4.41. The minimum absolute atomic E-state index is 0.323. The molecule has 1 aromatic carbocycles. The molecule has 0 bridgehead atoms. The van der Waals surface area contributed by atoms with Crippen LogP contribution < -0.4 is 0 Å². The fourth-order valence-corrected chi connectivity index (χ4v) is 2.12. The molecule has 3 heteroatoms. The summed E-state index contributed by atoms with van der Waals surface area (Å²) in [5.41, 5.74) is -0.124. The van der Waals surface area contributed by atoms with Gasteiger partial charge in [0.15, 0.2) is 0 Å². The molecule has 14 heavy (non-hydrogen) atoms. The van der Waals surface area contributed by atoms with Gasteiger partial charge in [-0.1, -0.05) is 11.6 Å². The molecule has 0 radical (unpaired) electrons. The van der Waals surface area contributed by atoms with Gasteiger partial charge in [0.05, 0.1) is 5.60 Å². The lowest BCUT2D eigenvalue weighted by Crippen LogP contribution is -2.34. The quantitative estimate of drug-likeness (QED) is 0.762. The SMILES string of the molecule is Cc1cc(Cl)cc(C2(O)CCC2)c1F. The summed E-state index contributed by atoms with van der Waals surface area (Å²) < 4.78 is 13.7. The third-order valence-electron chi connectivity index (χ3n) is 2.90. The van der Waals surface area contributed by atoms with Crippen molar-refractivity contribution in [2.45, 2.75) is 31.8 Å². The van der Waals surface area contributed by atoms with Crippen molar-refractivity contribution in [3.05, 3.63) is 34.1 Å². The molecule has 1 aromatic rings. The third-order valence-corrected chi connectivity index (χ3v) is 3.12. The number of hydrogen-bond acceptors (Lipinski definition) is 1. The van der Waals surface area contributed by atoms with Crippen LogP contribution in [0.2, 0.25) is 5.02 Å². The summed E-state index contributed by atoms with van der Waals surface area (Å²) in [5, 5.41) is 10.5. The van der Waals surface area contributed by atoms with Gasteiger partial charge in [-0.25, -0.2) is 4.39 Å². The molecule has 0 amide bonds. The predicted molar refractivity (Wildman–Crippen MR) is 53.9 cm³/mol. The van der Waals surface area contributed by atoms with Gasteiger partial charge in [0.25, 0.3) is 0 Å². The summed E-state index contributed by atoms with van der Waals surface area (Å²) in [5.74, 6) is -0.323. The first kappa shape index (κ1) is 9.94. The molecule has 0 heterocycles. The van der Waals surface area contributed by atoms with Crippen molar-refractivity contribution in [2.24, 2.45) is 0 Å². The number of aliphatic hydroxyl groups is 1. The summed E-state index contributed by atoms with van der Waals surface area (Å²) in [6, 6.07) is 3.10. The first-order valence-electron chi connectivity index (χ1n) is 4.71. The Morgan fingerprint density at radius 1 is 1.43 bits per heavy atom. The fraction of sp³-hybridized carbons (Fsp3) is 0.455. The molecule has 0 aliphatic heterocycles. The molecule has 2 rings (SSSR count). The summed E-state index contributed by atoms with van der Waals surface area (Å²) in [7, 11) is 0. The Morgan fingerprint density at radius 3 is 2.57 bits per heavy atom. The van der Waals surface area contributed by atoms with Gasteiger partial charge >= 0.3 is 0 Å². The monoisotopic (exact) mass is 214 g/mol. The van der Waals surface area contributed by atoms with Gasteiger partial charge in [-0.2, -0.15) is 0 Å². The summed E-state index contributed by atoms with van der Waals surface area (Å²) in [6.45, 7) is 1.66. The lowest BCUT2D eigenvalue weighted by molar-refractivity contribution is -0.0417. The summed E-state index contributed by atoms with van der Waals surface area (Å²) in [6.07, 6.45) is 2.20. The zero-order chi connectivity index (χ0) is 10.3. The van der Waals surface area contributed by atoms with Crippen LogP contribution in [-0.2, 0) is 5.60 Å². The van der Waals surface area contributed by atoms with Crippen LogP contribution >= 0.6 is 11.6 Å². The molecule has 76 valence electrons. The van der Waals surface area contributed by atoms with Gasteiger partial charge in [-0.3, -0.25) is 0 Å². The van der Waals surface area contributed by atoms with Gasteiger partial charge in [0.2, 0.25) is 0 Å². The van der Waals surface area contributed by atoms with Gasteiger partial charge in [-0.05, 0) is 43.9 Å². The van der Waals surface area contributed by atoms with Crippen molar-refractivity contribution < 1.29 is 9.50 Å². The van der Waals surface area contributed by atoms with E-state index in [0.717, 1.165) is 6.42 Å². The molecule has 0 aromatic heterocycles. The van der Waals surface area contributed by atoms with E-state index >= 15 is 0 Å². The van der Waals surface area contributed by atoms with Crippen LogP contribution in [-0.4, -0.2) is 5.11 Å². The van der Waals surface area contributed by atoms with E-state index < -0.39 is 5.60 Å².